The molecule has 1 saturated carbocycles. The number of hydrogen-bond donors (Lipinski definition) is 2. The predicted molar refractivity (Wildman–Crippen MR) is 68.7 cm³/mol. The molecule has 1 amide bonds. The monoisotopic (exact) mass is 268 g/mol. The van der Waals surface area contributed by atoms with Gasteiger partial charge in [-0.15, -0.1) is 5.10 Å². The van der Waals surface area contributed by atoms with Crippen LogP contribution in [0.25, 0.3) is 0 Å². The van der Waals surface area contributed by atoms with Crippen LogP contribution in [0, 0.1) is 0 Å². The molecule has 2 rings (SSSR count). The molecule has 0 aromatic carbocycles. The summed E-state index contributed by atoms with van der Waals surface area (Å²) >= 11 is 0. The smallest absolute Gasteiger partial charge is 0.322 e. The van der Waals surface area contributed by atoms with Crippen LogP contribution in [0.15, 0.2) is 4.42 Å². The Bertz CT molecular complexity index is 411. The van der Waals surface area contributed by atoms with E-state index in [-0.39, 0.29) is 25.1 Å². The Labute approximate surface area is 112 Å². The first kappa shape index (κ1) is 14.0. The fourth-order valence-corrected chi connectivity index (χ4v) is 1.87. The zero-order valence-corrected chi connectivity index (χ0v) is 11.1. The van der Waals surface area contributed by atoms with Crippen LogP contribution < -0.4 is 5.32 Å². The second-order valence-corrected chi connectivity index (χ2v) is 4.77. The molecule has 0 aliphatic heterocycles. The third-order valence-electron chi connectivity index (χ3n) is 2.94. The van der Waals surface area contributed by atoms with Crippen molar-refractivity contribution in [2.75, 3.05) is 31.6 Å². The summed E-state index contributed by atoms with van der Waals surface area (Å²) in [5.74, 6) is 0.785. The van der Waals surface area contributed by atoms with E-state index in [1.54, 1.807) is 0 Å². The average molecular weight is 268 g/mol. The molecule has 0 unspecified atom stereocenters. The maximum Gasteiger partial charge on any atom is 0.322 e. The van der Waals surface area contributed by atoms with Gasteiger partial charge < -0.3 is 9.52 Å². The SMILES string of the molecule is CCCN(CCO)CC(=O)Nc1nnc(C2CC2)o1. The van der Waals surface area contributed by atoms with Crippen LogP contribution in [0.5, 0.6) is 0 Å². The summed E-state index contributed by atoms with van der Waals surface area (Å²) in [6, 6.07) is 0.160. The van der Waals surface area contributed by atoms with Crippen molar-refractivity contribution in [3.8, 4) is 0 Å². The van der Waals surface area contributed by atoms with Crippen molar-refractivity contribution in [1.82, 2.24) is 15.1 Å². The minimum atomic E-state index is -0.201. The lowest BCUT2D eigenvalue weighted by molar-refractivity contribution is -0.117. The summed E-state index contributed by atoms with van der Waals surface area (Å²) in [7, 11) is 0. The number of aliphatic hydroxyl groups excluding tert-OH is 1. The van der Waals surface area contributed by atoms with Gasteiger partial charge in [0.25, 0.3) is 0 Å². The standard InChI is InChI=1S/C12H20N4O3/c1-2-5-16(6-7-17)8-10(18)13-12-15-14-11(19-12)9-3-4-9/h9,17H,2-8H2,1H3,(H,13,15,18). The molecule has 0 bridgehead atoms. The first-order valence-electron chi connectivity index (χ1n) is 6.69. The van der Waals surface area contributed by atoms with Crippen LogP contribution in [0.2, 0.25) is 0 Å². The largest absolute Gasteiger partial charge is 0.408 e. The molecule has 19 heavy (non-hydrogen) atoms. The third kappa shape index (κ3) is 4.29. The third-order valence-corrected chi connectivity index (χ3v) is 2.94. The molecular weight excluding hydrogens is 248 g/mol. The Morgan fingerprint density at radius 2 is 2.26 bits per heavy atom. The van der Waals surface area contributed by atoms with Gasteiger partial charge in [-0.05, 0) is 25.8 Å². The highest BCUT2D eigenvalue weighted by Gasteiger charge is 2.29. The summed E-state index contributed by atoms with van der Waals surface area (Å²) in [4.78, 5) is 13.7. The summed E-state index contributed by atoms with van der Waals surface area (Å²) in [5, 5.41) is 19.2. The molecule has 0 radical (unpaired) electrons. The van der Waals surface area contributed by atoms with Gasteiger partial charge in [0.05, 0.1) is 13.2 Å². The number of aromatic nitrogens is 2. The van der Waals surface area contributed by atoms with Gasteiger partial charge in [0.15, 0.2) is 0 Å². The molecule has 1 fully saturated rings. The molecule has 1 heterocycles. The molecule has 1 aromatic rings. The van der Waals surface area contributed by atoms with Crippen molar-refractivity contribution in [3.05, 3.63) is 5.89 Å². The number of nitrogens with zero attached hydrogens (tertiary/aromatic N) is 3. The number of aliphatic hydroxyl groups is 1. The van der Waals surface area contributed by atoms with E-state index in [0.29, 0.717) is 18.4 Å². The number of rotatable bonds is 8. The number of anilines is 1. The van der Waals surface area contributed by atoms with Gasteiger partial charge in [-0.1, -0.05) is 12.0 Å². The van der Waals surface area contributed by atoms with E-state index in [4.69, 9.17) is 9.52 Å². The normalized spacial score (nSPS) is 14.9. The van der Waals surface area contributed by atoms with Crippen LogP contribution >= 0.6 is 0 Å². The lowest BCUT2D eigenvalue weighted by Gasteiger charge is -2.18. The Morgan fingerprint density at radius 3 is 2.89 bits per heavy atom. The van der Waals surface area contributed by atoms with Crippen molar-refractivity contribution >= 4 is 11.9 Å². The minimum Gasteiger partial charge on any atom is -0.408 e. The topological polar surface area (TPSA) is 91.5 Å². The Kier molecular flexibility index (Phi) is 4.86. The predicted octanol–water partition coefficient (Wildman–Crippen LogP) is 0.590. The molecule has 0 saturated heterocycles. The van der Waals surface area contributed by atoms with Crippen molar-refractivity contribution in [1.29, 1.82) is 0 Å². The quantitative estimate of drug-likeness (QED) is 0.717. The second-order valence-electron chi connectivity index (χ2n) is 4.77. The molecule has 1 aliphatic carbocycles. The molecule has 7 nitrogen and oxygen atoms in total. The van der Waals surface area contributed by atoms with E-state index < -0.39 is 0 Å². The zero-order valence-electron chi connectivity index (χ0n) is 11.1. The van der Waals surface area contributed by atoms with Crippen LogP contribution in [-0.4, -0.2) is 52.4 Å². The number of carbonyl (C=O) groups is 1. The first-order valence-corrected chi connectivity index (χ1v) is 6.69. The van der Waals surface area contributed by atoms with E-state index in [0.717, 1.165) is 25.8 Å². The van der Waals surface area contributed by atoms with E-state index in [1.165, 1.54) is 0 Å². The fourth-order valence-electron chi connectivity index (χ4n) is 1.87. The van der Waals surface area contributed by atoms with Gasteiger partial charge in [-0.2, -0.15) is 0 Å². The van der Waals surface area contributed by atoms with Gasteiger partial charge in [-0.3, -0.25) is 15.0 Å². The maximum atomic E-state index is 11.8. The minimum absolute atomic E-state index is 0.0413. The van der Waals surface area contributed by atoms with Crippen molar-refractivity contribution < 1.29 is 14.3 Å². The van der Waals surface area contributed by atoms with Gasteiger partial charge in [-0.25, -0.2) is 0 Å². The lowest BCUT2D eigenvalue weighted by atomic mass is 10.4. The molecular formula is C12H20N4O3. The lowest BCUT2D eigenvalue weighted by Crippen LogP contribution is -2.35. The highest BCUT2D eigenvalue weighted by Crippen LogP contribution is 2.39. The van der Waals surface area contributed by atoms with Crippen molar-refractivity contribution in [2.24, 2.45) is 0 Å². The highest BCUT2D eigenvalue weighted by atomic mass is 16.4. The summed E-state index contributed by atoms with van der Waals surface area (Å²) in [6.45, 7) is 3.54. The van der Waals surface area contributed by atoms with Crippen LogP contribution in [0.3, 0.4) is 0 Å². The van der Waals surface area contributed by atoms with Gasteiger partial charge in [0, 0.05) is 12.5 Å². The van der Waals surface area contributed by atoms with Crippen molar-refractivity contribution in [2.45, 2.75) is 32.1 Å². The molecule has 1 aliphatic rings. The van der Waals surface area contributed by atoms with Crippen molar-refractivity contribution in [3.63, 3.8) is 0 Å². The molecule has 0 spiro atoms. The fraction of sp³-hybridized carbons (Fsp3) is 0.750. The summed E-state index contributed by atoms with van der Waals surface area (Å²) in [5.41, 5.74) is 0. The Hall–Kier alpha value is -1.47. The Morgan fingerprint density at radius 1 is 1.47 bits per heavy atom. The van der Waals surface area contributed by atoms with Gasteiger partial charge >= 0.3 is 6.01 Å². The summed E-state index contributed by atoms with van der Waals surface area (Å²) < 4.78 is 5.36. The molecule has 1 aromatic heterocycles. The zero-order chi connectivity index (χ0) is 13.7. The average Bonchev–Trinajstić information content (AvgIpc) is 3.11. The van der Waals surface area contributed by atoms with E-state index in [9.17, 15) is 4.79 Å². The molecule has 7 heteroatoms. The van der Waals surface area contributed by atoms with E-state index in [1.807, 2.05) is 11.8 Å². The van der Waals surface area contributed by atoms with Crippen LogP contribution in [-0.2, 0) is 4.79 Å². The van der Waals surface area contributed by atoms with Crippen LogP contribution in [0.4, 0.5) is 6.01 Å². The number of nitrogens with one attached hydrogen (secondary N) is 1. The first-order chi connectivity index (χ1) is 9.22. The molecule has 2 N–H and O–H groups in total. The maximum absolute atomic E-state index is 11.8. The van der Waals surface area contributed by atoms with E-state index in [2.05, 4.69) is 15.5 Å². The van der Waals surface area contributed by atoms with Crippen LogP contribution in [0.1, 0.15) is 38.0 Å². The molecule has 106 valence electrons. The second kappa shape index (κ2) is 6.63. The number of hydrogen-bond acceptors (Lipinski definition) is 6. The highest BCUT2D eigenvalue weighted by molar-refractivity contribution is 5.90. The van der Waals surface area contributed by atoms with Gasteiger partial charge in [0.2, 0.25) is 11.8 Å². The van der Waals surface area contributed by atoms with E-state index >= 15 is 0 Å². The number of amides is 1. The molecule has 0 atom stereocenters. The number of carbonyl (C=O) groups excluding carboxylic acids is 1. The Balaban J connectivity index is 1.81. The van der Waals surface area contributed by atoms with Gasteiger partial charge in [0.1, 0.15) is 0 Å². The summed E-state index contributed by atoms with van der Waals surface area (Å²) in [6.07, 6.45) is 3.09.